The first-order valence-corrected chi connectivity index (χ1v) is 21.8. The fourth-order valence-electron chi connectivity index (χ4n) is 7.48. The molecule has 59 heavy (non-hydrogen) atoms. The number of benzene rings is 2. The summed E-state index contributed by atoms with van der Waals surface area (Å²) in [5.74, 6) is 2.56. The van der Waals surface area contributed by atoms with Crippen molar-refractivity contribution in [3.05, 3.63) is 99.8 Å². The van der Waals surface area contributed by atoms with E-state index in [-0.39, 0.29) is 0 Å². The van der Waals surface area contributed by atoms with Crippen molar-refractivity contribution >= 4 is 85.6 Å². The highest BCUT2D eigenvalue weighted by molar-refractivity contribution is 6.31. The van der Waals surface area contributed by atoms with Crippen LogP contribution in [0.2, 0.25) is 15.3 Å². The number of piperazine rings is 1. The smallest absolute Gasteiger partial charge is 0.227 e. The Morgan fingerprint density at radius 2 is 1.19 bits per heavy atom. The molecule has 4 aromatic heterocycles. The molecule has 0 saturated carbocycles. The van der Waals surface area contributed by atoms with Crippen LogP contribution in [0.15, 0.2) is 73.1 Å². The molecule has 6 aromatic rings. The van der Waals surface area contributed by atoms with Crippen molar-refractivity contribution in [2.45, 2.75) is 52.4 Å². The van der Waals surface area contributed by atoms with Crippen molar-refractivity contribution in [1.82, 2.24) is 34.8 Å². The highest BCUT2D eigenvalue weighted by Gasteiger charge is 2.21. The Morgan fingerprint density at radius 1 is 0.593 bits per heavy atom. The average Bonchev–Trinajstić information content (AvgIpc) is 3.22. The van der Waals surface area contributed by atoms with Crippen molar-refractivity contribution < 1.29 is 0 Å². The summed E-state index contributed by atoms with van der Waals surface area (Å²) in [6.07, 6.45) is 10.1. The lowest BCUT2D eigenvalue weighted by molar-refractivity contribution is 0.261. The Kier molecular flexibility index (Phi) is 15.1. The molecule has 7 rings (SSSR count). The molecule has 0 aliphatic carbocycles. The summed E-state index contributed by atoms with van der Waals surface area (Å²) >= 11 is 18.7. The van der Waals surface area contributed by atoms with Gasteiger partial charge in [0.1, 0.15) is 11.6 Å². The molecule has 0 bridgehead atoms. The van der Waals surface area contributed by atoms with E-state index in [2.05, 4.69) is 50.6 Å². The predicted octanol–water partition coefficient (Wildman–Crippen LogP) is 9.55. The summed E-state index contributed by atoms with van der Waals surface area (Å²) in [5.41, 5.74) is 5.81. The first-order valence-electron chi connectivity index (χ1n) is 20.7. The van der Waals surface area contributed by atoms with E-state index in [1.54, 1.807) is 0 Å². The van der Waals surface area contributed by atoms with Gasteiger partial charge in [0.05, 0.1) is 11.0 Å². The summed E-state index contributed by atoms with van der Waals surface area (Å²) in [4.78, 5) is 34.7. The molecule has 1 aliphatic rings. The van der Waals surface area contributed by atoms with Gasteiger partial charge < -0.3 is 25.8 Å². The lowest BCUT2D eigenvalue weighted by Crippen LogP contribution is -2.49. The SMILES string of the molecule is Cc1cc(N(CCCCCCNc2ccnc3cc(Cl)ccc23)CCN2CCN(c3nc(C)cc(NCCCCNc4ccnc5cc(Cl)ccc45)n3)CC2)nc(Cl)n1. The van der Waals surface area contributed by atoms with Crippen LogP contribution in [0, 0.1) is 13.8 Å². The zero-order chi connectivity index (χ0) is 41.0. The Morgan fingerprint density at radius 3 is 1.83 bits per heavy atom. The third-order valence-corrected chi connectivity index (χ3v) is 11.3. The number of rotatable bonds is 20. The number of nitrogens with zero attached hydrogens (tertiary/aromatic N) is 9. The second kappa shape index (κ2) is 21.0. The topological polar surface area (TPSA) is 123 Å². The zero-order valence-corrected chi connectivity index (χ0v) is 36.2. The maximum Gasteiger partial charge on any atom is 0.227 e. The highest BCUT2D eigenvalue weighted by atomic mass is 35.5. The standard InChI is InChI=1S/C44H53Cl3N12/c1-31-27-41(52-17-7-6-16-49-38-14-19-51-40-30-34(46)10-12-36(38)40)55-44(54-31)59-25-22-57(23-26-59)21-24-58(42-28-32(2)53-43(47)56-42)20-8-4-3-5-15-48-37-13-18-50-39-29-33(45)9-11-35(37)39/h9-14,18-19,27-30H,3-8,15-17,20-26H2,1-2H3,(H,48,50)(H,49,51)(H,52,54,55). The van der Waals surface area contributed by atoms with Crippen LogP contribution in [0.3, 0.4) is 0 Å². The third-order valence-electron chi connectivity index (χ3n) is 10.6. The molecule has 0 amide bonds. The van der Waals surface area contributed by atoms with Crippen LogP contribution in [-0.4, -0.2) is 100 Å². The monoisotopic (exact) mass is 854 g/mol. The molecule has 0 atom stereocenters. The van der Waals surface area contributed by atoms with E-state index in [4.69, 9.17) is 44.8 Å². The molecule has 1 aliphatic heterocycles. The summed E-state index contributed by atoms with van der Waals surface area (Å²) < 4.78 is 0. The number of aromatic nitrogens is 6. The number of aryl methyl sites for hydroxylation is 2. The molecule has 2 aromatic carbocycles. The molecular formula is C44H53Cl3N12. The Balaban J connectivity index is 0.829. The number of hydrogen-bond donors (Lipinski definition) is 3. The Labute approximate surface area is 362 Å². The number of nitrogens with one attached hydrogen (secondary N) is 3. The van der Waals surface area contributed by atoms with Gasteiger partial charge in [-0.15, -0.1) is 0 Å². The van der Waals surface area contributed by atoms with E-state index in [9.17, 15) is 0 Å². The van der Waals surface area contributed by atoms with E-state index in [0.717, 1.165) is 166 Å². The van der Waals surface area contributed by atoms with Crippen molar-refractivity contribution in [2.24, 2.45) is 0 Å². The van der Waals surface area contributed by atoms with Crippen LogP contribution in [0.4, 0.5) is 29.0 Å². The first kappa shape index (κ1) is 42.4. The van der Waals surface area contributed by atoms with Crippen LogP contribution < -0.4 is 25.8 Å². The van der Waals surface area contributed by atoms with Gasteiger partial charge in [0, 0.05) is 134 Å². The minimum Gasteiger partial charge on any atom is -0.384 e. The van der Waals surface area contributed by atoms with Crippen LogP contribution in [0.25, 0.3) is 21.8 Å². The molecule has 12 nitrogen and oxygen atoms in total. The number of hydrogen-bond acceptors (Lipinski definition) is 12. The predicted molar refractivity (Wildman–Crippen MR) is 246 cm³/mol. The van der Waals surface area contributed by atoms with Gasteiger partial charge >= 0.3 is 0 Å². The molecule has 1 saturated heterocycles. The lowest BCUT2D eigenvalue weighted by atomic mass is 10.1. The fraction of sp³-hybridized carbons (Fsp3) is 0.409. The minimum absolute atomic E-state index is 0.292. The molecule has 0 spiro atoms. The number of pyridine rings is 2. The number of halogens is 3. The normalized spacial score (nSPS) is 13.3. The lowest BCUT2D eigenvalue weighted by Gasteiger charge is -2.36. The van der Waals surface area contributed by atoms with Gasteiger partial charge in [-0.2, -0.15) is 4.98 Å². The highest BCUT2D eigenvalue weighted by Crippen LogP contribution is 2.26. The van der Waals surface area contributed by atoms with E-state index < -0.39 is 0 Å². The van der Waals surface area contributed by atoms with E-state index in [1.807, 2.05) is 86.9 Å². The minimum atomic E-state index is 0.292. The fourth-order valence-corrected chi connectivity index (χ4v) is 8.03. The number of anilines is 5. The van der Waals surface area contributed by atoms with Crippen molar-refractivity contribution in [2.75, 3.05) is 91.2 Å². The molecule has 15 heteroatoms. The number of unbranched alkanes of at least 4 members (excludes halogenated alkanes) is 4. The number of fused-ring (bicyclic) bond motifs is 2. The maximum atomic E-state index is 6.34. The summed E-state index contributed by atoms with van der Waals surface area (Å²) in [6.45, 7) is 13.0. The second-order valence-corrected chi connectivity index (χ2v) is 16.3. The third kappa shape index (κ3) is 12.2. The van der Waals surface area contributed by atoms with Gasteiger partial charge in [-0.25, -0.2) is 15.0 Å². The van der Waals surface area contributed by atoms with Gasteiger partial charge in [-0.3, -0.25) is 14.9 Å². The Bertz CT molecular complexity index is 2280. The average molecular weight is 856 g/mol. The van der Waals surface area contributed by atoms with Gasteiger partial charge in [-0.05, 0) is 99.7 Å². The molecule has 0 radical (unpaired) electrons. The molecule has 310 valence electrons. The molecule has 0 unspecified atom stereocenters. The van der Waals surface area contributed by atoms with Crippen molar-refractivity contribution in [3.8, 4) is 0 Å². The summed E-state index contributed by atoms with van der Waals surface area (Å²) in [6, 6.07) is 19.8. The van der Waals surface area contributed by atoms with E-state index in [1.165, 1.54) is 0 Å². The van der Waals surface area contributed by atoms with Gasteiger partial charge in [-0.1, -0.05) is 36.0 Å². The summed E-state index contributed by atoms with van der Waals surface area (Å²) in [7, 11) is 0. The quantitative estimate of drug-likeness (QED) is 0.0501. The van der Waals surface area contributed by atoms with Crippen LogP contribution in [0.5, 0.6) is 0 Å². The van der Waals surface area contributed by atoms with Crippen molar-refractivity contribution in [1.29, 1.82) is 0 Å². The van der Waals surface area contributed by atoms with Crippen LogP contribution in [-0.2, 0) is 0 Å². The molecule has 3 N–H and O–H groups in total. The first-order chi connectivity index (χ1) is 28.8. The van der Waals surface area contributed by atoms with Gasteiger partial charge in [0.15, 0.2) is 0 Å². The van der Waals surface area contributed by atoms with Crippen LogP contribution >= 0.6 is 34.8 Å². The summed E-state index contributed by atoms with van der Waals surface area (Å²) in [5, 5.41) is 14.5. The van der Waals surface area contributed by atoms with E-state index in [0.29, 0.717) is 15.3 Å². The van der Waals surface area contributed by atoms with Gasteiger partial charge in [0.25, 0.3) is 0 Å². The zero-order valence-electron chi connectivity index (χ0n) is 33.9. The van der Waals surface area contributed by atoms with Crippen LogP contribution in [0.1, 0.15) is 49.9 Å². The largest absolute Gasteiger partial charge is 0.384 e. The Hall–Kier alpha value is -4.75. The molecule has 1 fully saturated rings. The molecular weight excluding hydrogens is 803 g/mol. The van der Waals surface area contributed by atoms with Gasteiger partial charge in [0.2, 0.25) is 11.2 Å². The maximum absolute atomic E-state index is 6.34. The van der Waals surface area contributed by atoms with E-state index >= 15 is 0 Å². The molecule has 5 heterocycles. The second-order valence-electron chi connectivity index (χ2n) is 15.1. The van der Waals surface area contributed by atoms with Crippen molar-refractivity contribution in [3.63, 3.8) is 0 Å².